The second-order valence-electron chi connectivity index (χ2n) is 4.78. The Labute approximate surface area is 128 Å². The van der Waals surface area contributed by atoms with Crippen LogP contribution in [0.5, 0.6) is 0 Å². The number of nitrogens with zero attached hydrogens (tertiary/aromatic N) is 1. The van der Waals surface area contributed by atoms with Crippen molar-refractivity contribution in [3.8, 4) is 0 Å². The molecule has 1 aromatic carbocycles. The number of carbonyl (C=O) groups is 2. The molecule has 0 aromatic heterocycles. The predicted molar refractivity (Wildman–Crippen MR) is 85.3 cm³/mol. The second-order valence-corrected chi connectivity index (χ2v) is 5.86. The summed E-state index contributed by atoms with van der Waals surface area (Å²) in [6.07, 6.45) is 0.975. The minimum atomic E-state index is -0.667. The van der Waals surface area contributed by atoms with Crippen molar-refractivity contribution in [2.45, 2.75) is 26.3 Å². The Morgan fingerprint density at radius 2 is 2.00 bits per heavy atom. The molecule has 5 nitrogen and oxygen atoms in total. The molecule has 6 heteroatoms. The Bertz CT molecular complexity index is 555. The van der Waals surface area contributed by atoms with Gasteiger partial charge in [-0.3, -0.25) is 19.9 Å². The molecule has 1 aliphatic rings. The summed E-state index contributed by atoms with van der Waals surface area (Å²) in [7, 11) is 0. The first-order valence-corrected chi connectivity index (χ1v) is 7.96. The summed E-state index contributed by atoms with van der Waals surface area (Å²) in [6, 6.07) is 7.79. The maximum Gasteiger partial charge on any atom is 0.315 e. The number of nitrogens with one attached hydrogen (secondary N) is 2. The first kappa shape index (κ1) is 15.6. The fourth-order valence-electron chi connectivity index (χ4n) is 1.95. The van der Waals surface area contributed by atoms with E-state index < -0.39 is 11.8 Å². The molecule has 1 aromatic rings. The van der Waals surface area contributed by atoms with Gasteiger partial charge < -0.3 is 5.32 Å². The molecule has 112 valence electrons. The van der Waals surface area contributed by atoms with Gasteiger partial charge in [0.15, 0.2) is 5.17 Å². The van der Waals surface area contributed by atoms with E-state index >= 15 is 0 Å². The van der Waals surface area contributed by atoms with E-state index in [0.29, 0.717) is 11.7 Å². The number of benzene rings is 1. The van der Waals surface area contributed by atoms with Crippen molar-refractivity contribution in [2.24, 2.45) is 4.99 Å². The molecule has 0 saturated heterocycles. The maximum atomic E-state index is 11.9. The second kappa shape index (κ2) is 7.26. The molecule has 2 amide bonds. The highest BCUT2D eigenvalue weighted by Gasteiger charge is 2.19. The van der Waals surface area contributed by atoms with Crippen molar-refractivity contribution < 1.29 is 9.59 Å². The number of thioether (sulfide) groups is 1. The van der Waals surface area contributed by atoms with Crippen LogP contribution in [0.2, 0.25) is 0 Å². The van der Waals surface area contributed by atoms with Gasteiger partial charge in [-0.2, -0.15) is 0 Å². The van der Waals surface area contributed by atoms with E-state index in [2.05, 4.69) is 22.5 Å². The number of hydrogen-bond donors (Lipinski definition) is 2. The Balaban J connectivity index is 1.89. The van der Waals surface area contributed by atoms with Gasteiger partial charge in [0.2, 0.25) is 0 Å². The lowest BCUT2D eigenvalue weighted by atomic mass is 10.1. The molecule has 1 heterocycles. The number of carbonyl (C=O) groups excluding carboxylic acids is 2. The molecule has 1 atom stereocenters. The molecular formula is C15H19N3O2S. The Morgan fingerprint density at radius 3 is 2.57 bits per heavy atom. The highest BCUT2D eigenvalue weighted by Crippen LogP contribution is 2.14. The zero-order chi connectivity index (χ0) is 15.2. The van der Waals surface area contributed by atoms with Crippen LogP contribution in [-0.2, 0) is 16.0 Å². The third-order valence-electron chi connectivity index (χ3n) is 3.25. The minimum Gasteiger partial charge on any atom is -0.341 e. The number of amidine groups is 1. The maximum absolute atomic E-state index is 11.9. The molecular weight excluding hydrogens is 286 g/mol. The topological polar surface area (TPSA) is 70.6 Å². The summed E-state index contributed by atoms with van der Waals surface area (Å²) < 4.78 is 0. The van der Waals surface area contributed by atoms with Crippen molar-refractivity contribution in [1.82, 2.24) is 10.6 Å². The summed E-state index contributed by atoms with van der Waals surface area (Å²) in [5.41, 5.74) is 2.22. The van der Waals surface area contributed by atoms with Gasteiger partial charge in [0, 0.05) is 5.75 Å². The minimum absolute atomic E-state index is 0.215. The third-order valence-corrected chi connectivity index (χ3v) is 4.14. The predicted octanol–water partition coefficient (Wildman–Crippen LogP) is 1.65. The SMILES string of the molecule is CCc1ccc(C(C)NC(=O)C(=O)NC2=NCCS2)cc1. The summed E-state index contributed by atoms with van der Waals surface area (Å²) in [6.45, 7) is 4.63. The summed E-state index contributed by atoms with van der Waals surface area (Å²) >= 11 is 1.45. The molecule has 2 N–H and O–H groups in total. The molecule has 0 radical (unpaired) electrons. The Hall–Kier alpha value is -1.82. The Morgan fingerprint density at radius 1 is 1.29 bits per heavy atom. The van der Waals surface area contributed by atoms with E-state index in [4.69, 9.17) is 0 Å². The lowest BCUT2D eigenvalue weighted by molar-refractivity contribution is -0.138. The van der Waals surface area contributed by atoms with Crippen LogP contribution in [0.4, 0.5) is 0 Å². The third kappa shape index (κ3) is 4.32. The highest BCUT2D eigenvalue weighted by atomic mass is 32.2. The summed E-state index contributed by atoms with van der Waals surface area (Å²) in [4.78, 5) is 27.7. The lowest BCUT2D eigenvalue weighted by Crippen LogP contribution is -2.42. The fourth-order valence-corrected chi connectivity index (χ4v) is 2.68. The van der Waals surface area contributed by atoms with Crippen molar-refractivity contribution in [3.05, 3.63) is 35.4 Å². The van der Waals surface area contributed by atoms with Crippen LogP contribution in [0, 0.1) is 0 Å². The standard InChI is InChI=1S/C15H19N3O2S/c1-3-11-4-6-12(7-5-11)10(2)17-13(19)14(20)18-15-16-8-9-21-15/h4-7,10H,3,8-9H2,1-2H3,(H,17,19)(H,16,18,20). The van der Waals surface area contributed by atoms with Gasteiger partial charge in [0.25, 0.3) is 0 Å². The molecule has 0 spiro atoms. The quantitative estimate of drug-likeness (QED) is 0.834. The molecule has 21 heavy (non-hydrogen) atoms. The molecule has 0 fully saturated rings. The van der Waals surface area contributed by atoms with Gasteiger partial charge in [-0.15, -0.1) is 0 Å². The number of aryl methyl sites for hydroxylation is 1. The number of aliphatic imine (C=N–C) groups is 1. The van der Waals surface area contributed by atoms with Crippen molar-refractivity contribution in [2.75, 3.05) is 12.3 Å². The van der Waals surface area contributed by atoms with E-state index in [9.17, 15) is 9.59 Å². The van der Waals surface area contributed by atoms with Gasteiger partial charge in [-0.1, -0.05) is 43.0 Å². The average molecular weight is 305 g/mol. The normalized spacial score (nSPS) is 15.2. The van der Waals surface area contributed by atoms with E-state index in [-0.39, 0.29) is 6.04 Å². The summed E-state index contributed by atoms with van der Waals surface area (Å²) in [5.74, 6) is -0.463. The van der Waals surface area contributed by atoms with Crippen LogP contribution in [0.3, 0.4) is 0 Å². The van der Waals surface area contributed by atoms with Crippen LogP contribution in [0.15, 0.2) is 29.3 Å². The van der Waals surface area contributed by atoms with Gasteiger partial charge in [0.1, 0.15) is 0 Å². The molecule has 0 bridgehead atoms. The number of amides is 2. The Kier molecular flexibility index (Phi) is 5.38. The number of hydrogen-bond acceptors (Lipinski definition) is 4. The van der Waals surface area contributed by atoms with E-state index in [1.165, 1.54) is 17.3 Å². The van der Waals surface area contributed by atoms with Gasteiger partial charge in [0.05, 0.1) is 12.6 Å². The van der Waals surface area contributed by atoms with Gasteiger partial charge in [-0.05, 0) is 24.5 Å². The first-order valence-electron chi connectivity index (χ1n) is 6.98. The highest BCUT2D eigenvalue weighted by molar-refractivity contribution is 8.14. The largest absolute Gasteiger partial charge is 0.341 e. The van der Waals surface area contributed by atoms with E-state index in [0.717, 1.165) is 17.7 Å². The monoisotopic (exact) mass is 305 g/mol. The zero-order valence-electron chi connectivity index (χ0n) is 12.2. The molecule has 1 aliphatic heterocycles. The fraction of sp³-hybridized carbons (Fsp3) is 0.400. The van der Waals surface area contributed by atoms with Crippen molar-refractivity contribution in [3.63, 3.8) is 0 Å². The molecule has 0 saturated carbocycles. The van der Waals surface area contributed by atoms with Crippen molar-refractivity contribution >= 4 is 28.7 Å². The van der Waals surface area contributed by atoms with Gasteiger partial charge in [-0.25, -0.2) is 0 Å². The van der Waals surface area contributed by atoms with E-state index in [1.54, 1.807) is 0 Å². The molecule has 0 aliphatic carbocycles. The van der Waals surface area contributed by atoms with Crippen LogP contribution < -0.4 is 10.6 Å². The van der Waals surface area contributed by atoms with Crippen LogP contribution in [0.25, 0.3) is 0 Å². The average Bonchev–Trinajstić information content (AvgIpc) is 3.00. The summed E-state index contributed by atoms with van der Waals surface area (Å²) in [5, 5.41) is 5.73. The van der Waals surface area contributed by atoms with Crippen LogP contribution in [-0.4, -0.2) is 29.3 Å². The first-order chi connectivity index (χ1) is 10.1. The van der Waals surface area contributed by atoms with Gasteiger partial charge >= 0.3 is 11.8 Å². The molecule has 2 rings (SSSR count). The lowest BCUT2D eigenvalue weighted by Gasteiger charge is -2.14. The smallest absolute Gasteiger partial charge is 0.315 e. The van der Waals surface area contributed by atoms with E-state index in [1.807, 2.05) is 31.2 Å². The molecule has 1 unspecified atom stereocenters. The van der Waals surface area contributed by atoms with Crippen molar-refractivity contribution in [1.29, 1.82) is 0 Å². The zero-order valence-corrected chi connectivity index (χ0v) is 13.0. The number of rotatable bonds is 3. The van der Waals surface area contributed by atoms with Crippen LogP contribution >= 0.6 is 11.8 Å². The van der Waals surface area contributed by atoms with Crippen LogP contribution in [0.1, 0.15) is 31.0 Å².